The van der Waals surface area contributed by atoms with Crippen LogP contribution in [0, 0.1) is 5.92 Å². The van der Waals surface area contributed by atoms with Gasteiger partial charge in [-0.15, -0.1) is 0 Å². The quantitative estimate of drug-likeness (QED) is 0.779. The third kappa shape index (κ3) is 2.51. The standard InChI is InChI=1S/C13H19NO/c1-10-5-6-13(14,8-10)9-11-3-2-4-12(15)7-11/h2-4,7,10,15H,5-6,8-9,14H2,1H3. The lowest BCUT2D eigenvalue weighted by atomic mass is 9.89. The topological polar surface area (TPSA) is 46.2 Å². The van der Waals surface area contributed by atoms with Crippen molar-refractivity contribution in [1.29, 1.82) is 0 Å². The molecule has 2 rings (SSSR count). The summed E-state index contributed by atoms with van der Waals surface area (Å²) in [5, 5.41) is 9.38. The number of hydrogen-bond donors (Lipinski definition) is 2. The summed E-state index contributed by atoms with van der Waals surface area (Å²) in [6, 6.07) is 7.44. The lowest BCUT2D eigenvalue weighted by Crippen LogP contribution is -2.39. The second-order valence-corrected chi connectivity index (χ2v) is 5.06. The molecule has 0 amide bonds. The van der Waals surface area contributed by atoms with E-state index in [0.29, 0.717) is 5.75 Å². The molecule has 0 radical (unpaired) electrons. The molecule has 3 N–H and O–H groups in total. The Kier molecular flexibility index (Phi) is 2.70. The van der Waals surface area contributed by atoms with E-state index in [1.165, 1.54) is 6.42 Å². The van der Waals surface area contributed by atoms with E-state index in [2.05, 4.69) is 6.92 Å². The van der Waals surface area contributed by atoms with Crippen molar-refractivity contribution in [3.63, 3.8) is 0 Å². The number of phenols is 1. The molecular weight excluding hydrogens is 186 g/mol. The van der Waals surface area contributed by atoms with Crippen LogP contribution in [0.3, 0.4) is 0 Å². The first-order valence-corrected chi connectivity index (χ1v) is 5.64. The van der Waals surface area contributed by atoms with Gasteiger partial charge in [0.15, 0.2) is 0 Å². The van der Waals surface area contributed by atoms with Crippen LogP contribution in [0.25, 0.3) is 0 Å². The van der Waals surface area contributed by atoms with Crippen LogP contribution in [-0.4, -0.2) is 10.6 Å². The zero-order chi connectivity index (χ0) is 10.9. The molecule has 2 atom stereocenters. The molecule has 2 nitrogen and oxygen atoms in total. The molecule has 2 heteroatoms. The smallest absolute Gasteiger partial charge is 0.115 e. The fourth-order valence-electron chi connectivity index (χ4n) is 2.67. The summed E-state index contributed by atoms with van der Waals surface area (Å²) in [7, 11) is 0. The van der Waals surface area contributed by atoms with Gasteiger partial charge in [0.25, 0.3) is 0 Å². The molecular formula is C13H19NO. The van der Waals surface area contributed by atoms with E-state index in [1.807, 2.05) is 18.2 Å². The Labute approximate surface area is 91.1 Å². The maximum Gasteiger partial charge on any atom is 0.115 e. The van der Waals surface area contributed by atoms with Crippen molar-refractivity contribution in [1.82, 2.24) is 0 Å². The molecule has 0 aliphatic heterocycles. The van der Waals surface area contributed by atoms with Gasteiger partial charge < -0.3 is 10.8 Å². The summed E-state index contributed by atoms with van der Waals surface area (Å²) in [6.45, 7) is 2.26. The van der Waals surface area contributed by atoms with Crippen molar-refractivity contribution in [2.45, 2.75) is 38.1 Å². The normalized spacial score (nSPS) is 30.7. The van der Waals surface area contributed by atoms with Gasteiger partial charge in [-0.2, -0.15) is 0 Å². The highest BCUT2D eigenvalue weighted by Crippen LogP contribution is 2.34. The molecule has 1 aliphatic rings. The van der Waals surface area contributed by atoms with Crippen LogP contribution in [0.2, 0.25) is 0 Å². The molecule has 0 heterocycles. The first-order valence-electron chi connectivity index (χ1n) is 5.64. The van der Waals surface area contributed by atoms with E-state index in [4.69, 9.17) is 5.73 Å². The first-order chi connectivity index (χ1) is 7.07. The van der Waals surface area contributed by atoms with E-state index < -0.39 is 0 Å². The Bertz CT molecular complexity index is 350. The van der Waals surface area contributed by atoms with Gasteiger partial charge in [0, 0.05) is 5.54 Å². The predicted octanol–water partition coefficient (Wildman–Crippen LogP) is 2.45. The summed E-state index contributed by atoms with van der Waals surface area (Å²) in [4.78, 5) is 0. The molecule has 0 spiro atoms. The van der Waals surface area contributed by atoms with Crippen LogP contribution in [0.4, 0.5) is 0 Å². The second kappa shape index (κ2) is 3.86. The van der Waals surface area contributed by atoms with Gasteiger partial charge in [0.05, 0.1) is 0 Å². The Morgan fingerprint density at radius 3 is 2.93 bits per heavy atom. The highest BCUT2D eigenvalue weighted by Gasteiger charge is 2.33. The molecule has 1 fully saturated rings. The summed E-state index contributed by atoms with van der Waals surface area (Å²) < 4.78 is 0. The summed E-state index contributed by atoms with van der Waals surface area (Å²) in [5.74, 6) is 1.08. The Morgan fingerprint density at radius 1 is 1.53 bits per heavy atom. The maximum atomic E-state index is 9.38. The van der Waals surface area contributed by atoms with Crippen molar-refractivity contribution < 1.29 is 5.11 Å². The van der Waals surface area contributed by atoms with Crippen molar-refractivity contribution in [3.05, 3.63) is 29.8 Å². The molecule has 2 unspecified atom stereocenters. The van der Waals surface area contributed by atoms with Crippen LogP contribution in [0.1, 0.15) is 31.7 Å². The van der Waals surface area contributed by atoms with Gasteiger partial charge in [-0.1, -0.05) is 19.1 Å². The van der Waals surface area contributed by atoms with Crippen molar-refractivity contribution in [3.8, 4) is 5.75 Å². The van der Waals surface area contributed by atoms with Crippen molar-refractivity contribution >= 4 is 0 Å². The number of hydrogen-bond acceptors (Lipinski definition) is 2. The molecule has 1 aromatic carbocycles. The predicted molar refractivity (Wildman–Crippen MR) is 61.7 cm³/mol. The fourth-order valence-corrected chi connectivity index (χ4v) is 2.67. The van der Waals surface area contributed by atoms with E-state index in [9.17, 15) is 5.11 Å². The molecule has 82 valence electrons. The zero-order valence-corrected chi connectivity index (χ0v) is 9.24. The number of nitrogens with two attached hydrogens (primary N) is 1. The Hall–Kier alpha value is -1.02. The first kappa shape index (κ1) is 10.5. The lowest BCUT2D eigenvalue weighted by molar-refractivity contribution is 0.417. The van der Waals surface area contributed by atoms with Crippen LogP contribution in [-0.2, 0) is 6.42 Å². The average molecular weight is 205 g/mol. The van der Waals surface area contributed by atoms with Crippen molar-refractivity contribution in [2.75, 3.05) is 0 Å². The largest absolute Gasteiger partial charge is 0.508 e. The number of phenolic OH excluding ortho intramolecular Hbond substituents is 1. The summed E-state index contributed by atoms with van der Waals surface area (Å²) in [5.41, 5.74) is 7.45. The highest BCUT2D eigenvalue weighted by atomic mass is 16.3. The van der Waals surface area contributed by atoms with Crippen LogP contribution < -0.4 is 5.73 Å². The van der Waals surface area contributed by atoms with Crippen molar-refractivity contribution in [2.24, 2.45) is 11.7 Å². The van der Waals surface area contributed by atoms with Crippen LogP contribution >= 0.6 is 0 Å². The second-order valence-electron chi connectivity index (χ2n) is 5.06. The average Bonchev–Trinajstić information content (AvgIpc) is 2.45. The minimum atomic E-state index is -0.0484. The van der Waals surface area contributed by atoms with Gasteiger partial charge >= 0.3 is 0 Å². The van der Waals surface area contributed by atoms with Gasteiger partial charge in [-0.3, -0.25) is 0 Å². The SMILES string of the molecule is CC1CCC(N)(Cc2cccc(O)c2)C1. The molecule has 0 bridgehead atoms. The zero-order valence-electron chi connectivity index (χ0n) is 9.24. The Balaban J connectivity index is 2.08. The summed E-state index contributed by atoms with van der Waals surface area (Å²) >= 11 is 0. The maximum absolute atomic E-state index is 9.38. The molecule has 0 saturated heterocycles. The summed E-state index contributed by atoms with van der Waals surface area (Å²) in [6.07, 6.45) is 4.31. The molecule has 15 heavy (non-hydrogen) atoms. The number of aromatic hydroxyl groups is 1. The fraction of sp³-hybridized carbons (Fsp3) is 0.538. The molecule has 1 aliphatic carbocycles. The molecule has 1 saturated carbocycles. The minimum Gasteiger partial charge on any atom is -0.508 e. The minimum absolute atomic E-state index is 0.0484. The van der Waals surface area contributed by atoms with E-state index in [1.54, 1.807) is 6.07 Å². The van der Waals surface area contributed by atoms with Gasteiger partial charge in [0.1, 0.15) is 5.75 Å². The molecule has 0 aromatic heterocycles. The number of benzene rings is 1. The van der Waals surface area contributed by atoms with E-state index in [-0.39, 0.29) is 5.54 Å². The number of rotatable bonds is 2. The van der Waals surface area contributed by atoms with E-state index in [0.717, 1.165) is 30.7 Å². The Morgan fingerprint density at radius 2 is 2.33 bits per heavy atom. The monoisotopic (exact) mass is 205 g/mol. The van der Waals surface area contributed by atoms with Gasteiger partial charge in [-0.25, -0.2) is 0 Å². The van der Waals surface area contributed by atoms with Crippen LogP contribution in [0.5, 0.6) is 5.75 Å². The van der Waals surface area contributed by atoms with Gasteiger partial charge in [0.2, 0.25) is 0 Å². The third-order valence-electron chi connectivity index (χ3n) is 3.36. The van der Waals surface area contributed by atoms with Gasteiger partial charge in [-0.05, 0) is 49.3 Å². The van der Waals surface area contributed by atoms with E-state index >= 15 is 0 Å². The third-order valence-corrected chi connectivity index (χ3v) is 3.36. The van der Waals surface area contributed by atoms with Crippen LogP contribution in [0.15, 0.2) is 24.3 Å². The molecule has 1 aromatic rings. The highest BCUT2D eigenvalue weighted by molar-refractivity contribution is 5.28. The lowest BCUT2D eigenvalue weighted by Gasteiger charge is -2.24.